The Bertz CT molecular complexity index is 1080. The van der Waals surface area contributed by atoms with Crippen molar-refractivity contribution in [3.05, 3.63) is 54.1 Å². The fraction of sp³-hybridized carbons (Fsp3) is 0.458. The van der Waals surface area contributed by atoms with Gasteiger partial charge < -0.3 is 14.8 Å². The molecule has 0 bridgehead atoms. The molecule has 1 N–H and O–H groups in total. The van der Waals surface area contributed by atoms with Crippen LogP contribution in [0.3, 0.4) is 0 Å². The number of piperidine rings is 1. The Morgan fingerprint density at radius 1 is 1.19 bits per heavy atom. The highest BCUT2D eigenvalue weighted by molar-refractivity contribution is 7.89. The van der Waals surface area contributed by atoms with Crippen molar-refractivity contribution in [2.75, 3.05) is 20.2 Å². The van der Waals surface area contributed by atoms with Crippen LogP contribution in [0.4, 0.5) is 0 Å². The quantitative estimate of drug-likeness (QED) is 0.741. The Morgan fingerprint density at radius 3 is 2.66 bits per heavy atom. The molecular weight excluding hydrogens is 428 g/mol. The van der Waals surface area contributed by atoms with Crippen LogP contribution in [0.5, 0.6) is 11.5 Å². The van der Waals surface area contributed by atoms with Gasteiger partial charge in [-0.15, -0.1) is 0 Å². The standard InChI is InChI=1S/C24H30N2O5S/c1-24(2)15-21(20-14-18(30-3)11-12-22(20)31-24)25-23(27)17-8-7-13-26(16-17)32(28,29)19-9-5-4-6-10-19/h4-6,9-12,14,17,21H,7-8,13,15-16H2,1-3H3,(H,25,27)/t17-,21-/m1/s1. The van der Waals surface area contributed by atoms with Crippen LogP contribution in [0, 0.1) is 5.92 Å². The number of nitrogens with one attached hydrogen (secondary N) is 1. The van der Waals surface area contributed by atoms with Gasteiger partial charge >= 0.3 is 0 Å². The van der Waals surface area contributed by atoms with E-state index in [4.69, 9.17) is 9.47 Å². The predicted molar refractivity (Wildman–Crippen MR) is 121 cm³/mol. The van der Waals surface area contributed by atoms with Crippen molar-refractivity contribution in [1.29, 1.82) is 0 Å². The van der Waals surface area contributed by atoms with Gasteiger partial charge in [-0.1, -0.05) is 18.2 Å². The molecule has 2 atom stereocenters. The molecule has 7 nitrogen and oxygen atoms in total. The zero-order chi connectivity index (χ0) is 22.9. The fourth-order valence-corrected chi connectivity index (χ4v) is 6.04. The molecule has 0 spiro atoms. The Labute approximate surface area is 189 Å². The number of ether oxygens (including phenoxy) is 2. The van der Waals surface area contributed by atoms with Crippen molar-refractivity contribution in [3.63, 3.8) is 0 Å². The summed E-state index contributed by atoms with van der Waals surface area (Å²) in [5.41, 5.74) is 0.441. The minimum Gasteiger partial charge on any atom is -0.497 e. The Morgan fingerprint density at radius 2 is 1.94 bits per heavy atom. The maximum Gasteiger partial charge on any atom is 0.243 e. The second-order valence-corrected chi connectivity index (χ2v) is 11.0. The van der Waals surface area contributed by atoms with Gasteiger partial charge in [-0.05, 0) is 57.0 Å². The number of rotatable bonds is 5. The lowest BCUT2D eigenvalue weighted by Crippen LogP contribution is -2.48. The molecule has 0 aromatic heterocycles. The lowest BCUT2D eigenvalue weighted by Gasteiger charge is -2.39. The van der Waals surface area contributed by atoms with Gasteiger partial charge in [-0.3, -0.25) is 4.79 Å². The summed E-state index contributed by atoms with van der Waals surface area (Å²) >= 11 is 0. The van der Waals surface area contributed by atoms with Crippen LogP contribution in [-0.2, 0) is 14.8 Å². The molecule has 1 amide bonds. The molecule has 2 aromatic rings. The lowest BCUT2D eigenvalue weighted by atomic mass is 9.88. The number of nitrogens with zero attached hydrogens (tertiary/aromatic N) is 1. The van der Waals surface area contributed by atoms with Crippen molar-refractivity contribution in [3.8, 4) is 11.5 Å². The van der Waals surface area contributed by atoms with Crippen molar-refractivity contribution in [1.82, 2.24) is 9.62 Å². The number of hydrogen-bond acceptors (Lipinski definition) is 5. The SMILES string of the molecule is COc1ccc2c(c1)[C@H](NC(=O)[C@@H]1CCCN(S(=O)(=O)c3ccccc3)C1)CC(C)(C)O2. The number of carbonyl (C=O) groups excluding carboxylic acids is 1. The van der Waals surface area contributed by atoms with Gasteiger partial charge in [0.1, 0.15) is 17.1 Å². The van der Waals surface area contributed by atoms with E-state index in [2.05, 4.69) is 5.32 Å². The number of carbonyl (C=O) groups is 1. The van der Waals surface area contributed by atoms with Crippen LogP contribution in [0.25, 0.3) is 0 Å². The third-order valence-corrected chi connectivity index (χ3v) is 8.01. The number of fused-ring (bicyclic) bond motifs is 1. The summed E-state index contributed by atoms with van der Waals surface area (Å²) in [5, 5.41) is 3.17. The van der Waals surface area contributed by atoms with E-state index >= 15 is 0 Å². The molecule has 0 radical (unpaired) electrons. The molecule has 4 rings (SSSR count). The molecule has 8 heteroatoms. The molecule has 2 aromatic carbocycles. The average molecular weight is 459 g/mol. The molecule has 1 saturated heterocycles. The maximum atomic E-state index is 13.2. The van der Waals surface area contributed by atoms with Crippen molar-refractivity contribution < 1.29 is 22.7 Å². The first-order valence-corrected chi connectivity index (χ1v) is 12.4. The third-order valence-electron chi connectivity index (χ3n) is 6.13. The second kappa shape index (κ2) is 8.75. The van der Waals surface area contributed by atoms with Gasteiger partial charge in [0.05, 0.1) is 24.0 Å². The lowest BCUT2D eigenvalue weighted by molar-refractivity contribution is -0.127. The minimum atomic E-state index is -3.62. The van der Waals surface area contributed by atoms with E-state index in [1.807, 2.05) is 32.0 Å². The monoisotopic (exact) mass is 458 g/mol. The summed E-state index contributed by atoms with van der Waals surface area (Å²) in [5.74, 6) is 0.894. The molecule has 2 aliphatic heterocycles. The summed E-state index contributed by atoms with van der Waals surface area (Å²) in [6.45, 7) is 4.59. The van der Waals surface area contributed by atoms with Gasteiger partial charge in [0, 0.05) is 25.1 Å². The highest BCUT2D eigenvalue weighted by Gasteiger charge is 2.38. The smallest absolute Gasteiger partial charge is 0.243 e. The molecule has 172 valence electrons. The highest BCUT2D eigenvalue weighted by Crippen LogP contribution is 2.41. The summed E-state index contributed by atoms with van der Waals surface area (Å²) in [4.78, 5) is 13.5. The number of amides is 1. The third kappa shape index (κ3) is 4.61. The summed E-state index contributed by atoms with van der Waals surface area (Å²) in [6.07, 6.45) is 1.91. The van der Waals surface area contributed by atoms with Crippen LogP contribution in [0.2, 0.25) is 0 Å². The Hall–Kier alpha value is -2.58. The zero-order valence-corrected chi connectivity index (χ0v) is 19.5. The summed E-state index contributed by atoms with van der Waals surface area (Å²) in [6, 6.07) is 13.7. The van der Waals surface area contributed by atoms with E-state index < -0.39 is 21.5 Å². The maximum absolute atomic E-state index is 13.2. The van der Waals surface area contributed by atoms with Crippen LogP contribution in [0.1, 0.15) is 44.7 Å². The normalized spacial score (nSPS) is 23.0. The molecule has 32 heavy (non-hydrogen) atoms. The van der Waals surface area contributed by atoms with Crippen LogP contribution in [-0.4, -0.2) is 44.4 Å². The van der Waals surface area contributed by atoms with E-state index in [-0.39, 0.29) is 23.4 Å². The van der Waals surface area contributed by atoms with E-state index in [1.54, 1.807) is 37.4 Å². The Balaban J connectivity index is 1.52. The number of benzene rings is 2. The first-order chi connectivity index (χ1) is 15.2. The molecule has 0 aliphatic carbocycles. The van der Waals surface area contributed by atoms with Crippen LogP contribution in [0.15, 0.2) is 53.4 Å². The first kappa shape index (κ1) is 22.6. The predicted octanol–water partition coefficient (Wildman–Crippen LogP) is 3.51. The van der Waals surface area contributed by atoms with Gasteiger partial charge in [0.25, 0.3) is 0 Å². The largest absolute Gasteiger partial charge is 0.497 e. The first-order valence-electron chi connectivity index (χ1n) is 10.9. The van der Waals surface area contributed by atoms with Gasteiger partial charge in [-0.2, -0.15) is 4.31 Å². The summed E-state index contributed by atoms with van der Waals surface area (Å²) in [7, 11) is -2.02. The second-order valence-electron chi connectivity index (χ2n) is 9.05. The highest BCUT2D eigenvalue weighted by atomic mass is 32.2. The van der Waals surface area contributed by atoms with E-state index in [0.29, 0.717) is 31.6 Å². The van der Waals surface area contributed by atoms with Gasteiger partial charge in [-0.25, -0.2) is 8.42 Å². The number of methoxy groups -OCH3 is 1. The molecular formula is C24H30N2O5S. The van der Waals surface area contributed by atoms with E-state index in [1.165, 1.54) is 4.31 Å². The van der Waals surface area contributed by atoms with E-state index in [0.717, 1.165) is 11.3 Å². The van der Waals surface area contributed by atoms with Crippen LogP contribution < -0.4 is 14.8 Å². The Kier molecular flexibility index (Phi) is 6.18. The van der Waals surface area contributed by atoms with Gasteiger partial charge in [0.15, 0.2) is 0 Å². The van der Waals surface area contributed by atoms with Crippen LogP contribution >= 0.6 is 0 Å². The summed E-state index contributed by atoms with van der Waals surface area (Å²) < 4.78 is 38.9. The zero-order valence-electron chi connectivity index (χ0n) is 18.7. The number of hydrogen-bond donors (Lipinski definition) is 1. The molecule has 0 unspecified atom stereocenters. The van der Waals surface area contributed by atoms with Crippen molar-refractivity contribution >= 4 is 15.9 Å². The molecule has 2 aliphatic rings. The molecule has 1 fully saturated rings. The fourth-order valence-electron chi connectivity index (χ4n) is 4.49. The minimum absolute atomic E-state index is 0.130. The topological polar surface area (TPSA) is 84.9 Å². The molecule has 2 heterocycles. The van der Waals surface area contributed by atoms with E-state index in [9.17, 15) is 13.2 Å². The molecule has 0 saturated carbocycles. The van der Waals surface area contributed by atoms with Crippen molar-refractivity contribution in [2.24, 2.45) is 5.92 Å². The average Bonchev–Trinajstić information content (AvgIpc) is 2.79. The van der Waals surface area contributed by atoms with Gasteiger partial charge in [0.2, 0.25) is 15.9 Å². The number of sulfonamides is 1. The van der Waals surface area contributed by atoms with Crippen molar-refractivity contribution in [2.45, 2.75) is 49.6 Å².